The van der Waals surface area contributed by atoms with E-state index in [1.54, 1.807) is 7.05 Å². The van der Waals surface area contributed by atoms with Gasteiger partial charge in [-0.3, -0.25) is 4.99 Å². The van der Waals surface area contributed by atoms with Gasteiger partial charge in [-0.1, -0.05) is 23.7 Å². The zero-order valence-electron chi connectivity index (χ0n) is 11.9. The standard InChI is InChI=1S/C14H22ClN3O/c1-10(2)18-14(16-4)17-9-11(3)19-13-8-6-5-7-12(13)15/h5-8,10-11H,9H2,1-4H3,(H2,16,17,18). The summed E-state index contributed by atoms with van der Waals surface area (Å²) in [5.74, 6) is 1.47. The number of hydrogen-bond acceptors (Lipinski definition) is 2. The van der Waals surface area contributed by atoms with E-state index in [1.807, 2.05) is 31.2 Å². The van der Waals surface area contributed by atoms with Crippen molar-refractivity contribution in [2.75, 3.05) is 13.6 Å². The molecule has 0 fully saturated rings. The number of ether oxygens (including phenoxy) is 1. The highest BCUT2D eigenvalue weighted by Gasteiger charge is 2.08. The maximum Gasteiger partial charge on any atom is 0.191 e. The molecule has 2 N–H and O–H groups in total. The van der Waals surface area contributed by atoms with Gasteiger partial charge < -0.3 is 15.4 Å². The Hall–Kier alpha value is -1.42. The van der Waals surface area contributed by atoms with E-state index in [1.165, 1.54) is 0 Å². The molecular formula is C14H22ClN3O. The maximum atomic E-state index is 6.05. The van der Waals surface area contributed by atoms with Crippen molar-refractivity contribution in [2.45, 2.75) is 32.9 Å². The van der Waals surface area contributed by atoms with Gasteiger partial charge in [0.1, 0.15) is 11.9 Å². The molecule has 0 heterocycles. The lowest BCUT2D eigenvalue weighted by atomic mass is 10.3. The zero-order chi connectivity index (χ0) is 14.3. The first kappa shape index (κ1) is 15.6. The van der Waals surface area contributed by atoms with Gasteiger partial charge in [0, 0.05) is 13.1 Å². The topological polar surface area (TPSA) is 45.7 Å². The Labute approximate surface area is 120 Å². The second-order valence-corrected chi connectivity index (χ2v) is 5.02. The van der Waals surface area contributed by atoms with Gasteiger partial charge in [0.15, 0.2) is 5.96 Å². The van der Waals surface area contributed by atoms with Crippen LogP contribution in [0.25, 0.3) is 0 Å². The van der Waals surface area contributed by atoms with Crippen LogP contribution in [-0.2, 0) is 0 Å². The summed E-state index contributed by atoms with van der Waals surface area (Å²) in [6.07, 6.45) is -0.00869. The molecule has 1 atom stereocenters. The first-order valence-electron chi connectivity index (χ1n) is 6.41. The predicted molar refractivity (Wildman–Crippen MR) is 81.2 cm³/mol. The molecule has 106 valence electrons. The van der Waals surface area contributed by atoms with Crippen LogP contribution in [0.2, 0.25) is 5.02 Å². The summed E-state index contributed by atoms with van der Waals surface area (Å²) in [7, 11) is 1.75. The minimum Gasteiger partial charge on any atom is -0.487 e. The molecule has 0 spiro atoms. The Morgan fingerprint density at radius 3 is 2.58 bits per heavy atom. The van der Waals surface area contributed by atoms with Crippen LogP contribution in [0.4, 0.5) is 0 Å². The second kappa shape index (κ2) is 7.89. The molecule has 0 radical (unpaired) electrons. The summed E-state index contributed by atoms with van der Waals surface area (Å²) in [6, 6.07) is 7.80. The fourth-order valence-electron chi connectivity index (χ4n) is 1.51. The number of para-hydroxylation sites is 1. The molecular weight excluding hydrogens is 262 g/mol. The van der Waals surface area contributed by atoms with E-state index < -0.39 is 0 Å². The third kappa shape index (κ3) is 5.83. The van der Waals surface area contributed by atoms with Crippen molar-refractivity contribution >= 4 is 17.6 Å². The number of hydrogen-bond donors (Lipinski definition) is 2. The number of nitrogens with zero attached hydrogens (tertiary/aromatic N) is 1. The minimum atomic E-state index is -0.00869. The van der Waals surface area contributed by atoms with Gasteiger partial charge >= 0.3 is 0 Å². The van der Waals surface area contributed by atoms with Crippen LogP contribution in [-0.4, -0.2) is 31.7 Å². The third-order valence-corrected chi connectivity index (χ3v) is 2.68. The first-order valence-corrected chi connectivity index (χ1v) is 6.79. The average molecular weight is 284 g/mol. The summed E-state index contributed by atoms with van der Waals surface area (Å²) in [5.41, 5.74) is 0. The molecule has 1 aromatic carbocycles. The molecule has 4 nitrogen and oxygen atoms in total. The van der Waals surface area contributed by atoms with E-state index in [-0.39, 0.29) is 6.10 Å². The fourth-order valence-corrected chi connectivity index (χ4v) is 1.69. The smallest absolute Gasteiger partial charge is 0.191 e. The number of rotatable bonds is 5. The monoisotopic (exact) mass is 283 g/mol. The number of guanidine groups is 1. The fraction of sp³-hybridized carbons (Fsp3) is 0.500. The Balaban J connectivity index is 2.43. The Morgan fingerprint density at radius 1 is 1.32 bits per heavy atom. The van der Waals surface area contributed by atoms with Crippen molar-refractivity contribution in [1.82, 2.24) is 10.6 Å². The van der Waals surface area contributed by atoms with E-state index >= 15 is 0 Å². The van der Waals surface area contributed by atoms with Gasteiger partial charge in [0.05, 0.1) is 11.6 Å². The molecule has 1 unspecified atom stereocenters. The number of nitrogens with one attached hydrogen (secondary N) is 2. The van der Waals surface area contributed by atoms with Crippen molar-refractivity contribution in [2.24, 2.45) is 4.99 Å². The van der Waals surface area contributed by atoms with Crippen LogP contribution in [0.5, 0.6) is 5.75 Å². The molecule has 0 aliphatic rings. The highest BCUT2D eigenvalue weighted by Crippen LogP contribution is 2.23. The van der Waals surface area contributed by atoms with E-state index in [9.17, 15) is 0 Å². The van der Waals surface area contributed by atoms with Crippen LogP contribution in [0, 0.1) is 0 Å². The van der Waals surface area contributed by atoms with Crippen LogP contribution < -0.4 is 15.4 Å². The van der Waals surface area contributed by atoms with E-state index in [4.69, 9.17) is 16.3 Å². The summed E-state index contributed by atoms with van der Waals surface area (Å²) in [4.78, 5) is 4.14. The summed E-state index contributed by atoms with van der Waals surface area (Å²) < 4.78 is 5.77. The van der Waals surface area contributed by atoms with E-state index in [0.717, 1.165) is 5.96 Å². The lowest BCUT2D eigenvalue weighted by Crippen LogP contribution is -2.44. The second-order valence-electron chi connectivity index (χ2n) is 4.61. The molecule has 1 aromatic rings. The van der Waals surface area contributed by atoms with Gasteiger partial charge in [-0.2, -0.15) is 0 Å². The number of benzene rings is 1. The molecule has 0 amide bonds. The largest absolute Gasteiger partial charge is 0.487 e. The quantitative estimate of drug-likeness (QED) is 0.645. The minimum absolute atomic E-state index is 0.00869. The molecule has 1 rings (SSSR count). The average Bonchev–Trinajstić information content (AvgIpc) is 2.37. The SMILES string of the molecule is CN=C(NCC(C)Oc1ccccc1Cl)NC(C)C. The Bertz CT molecular complexity index is 421. The van der Waals surface area contributed by atoms with Gasteiger partial charge in [-0.15, -0.1) is 0 Å². The normalized spacial score (nSPS) is 13.3. The van der Waals surface area contributed by atoms with Crippen LogP contribution >= 0.6 is 11.6 Å². The maximum absolute atomic E-state index is 6.05. The number of aliphatic imine (C=N–C) groups is 1. The summed E-state index contributed by atoms with van der Waals surface area (Å²) in [6.45, 7) is 6.77. The van der Waals surface area contributed by atoms with Crippen molar-refractivity contribution in [3.05, 3.63) is 29.3 Å². The van der Waals surface area contributed by atoms with Crippen molar-refractivity contribution in [1.29, 1.82) is 0 Å². The Morgan fingerprint density at radius 2 is 2.00 bits per heavy atom. The van der Waals surface area contributed by atoms with Gasteiger partial charge in [0.2, 0.25) is 0 Å². The van der Waals surface area contributed by atoms with E-state index in [0.29, 0.717) is 23.4 Å². The first-order chi connectivity index (χ1) is 9.02. The molecule has 0 aliphatic carbocycles. The van der Waals surface area contributed by atoms with E-state index in [2.05, 4.69) is 29.5 Å². The molecule has 5 heteroatoms. The highest BCUT2D eigenvalue weighted by molar-refractivity contribution is 6.32. The third-order valence-electron chi connectivity index (χ3n) is 2.37. The van der Waals surface area contributed by atoms with Crippen molar-refractivity contribution < 1.29 is 4.74 Å². The highest BCUT2D eigenvalue weighted by atomic mass is 35.5. The van der Waals surface area contributed by atoms with Crippen LogP contribution in [0.3, 0.4) is 0 Å². The molecule has 0 saturated heterocycles. The molecule has 0 aromatic heterocycles. The van der Waals surface area contributed by atoms with Crippen molar-refractivity contribution in [3.8, 4) is 5.75 Å². The van der Waals surface area contributed by atoms with Gasteiger partial charge in [-0.05, 0) is 32.9 Å². The van der Waals surface area contributed by atoms with Gasteiger partial charge in [0.25, 0.3) is 0 Å². The van der Waals surface area contributed by atoms with Crippen LogP contribution in [0.1, 0.15) is 20.8 Å². The van der Waals surface area contributed by atoms with Crippen LogP contribution in [0.15, 0.2) is 29.3 Å². The summed E-state index contributed by atoms with van der Waals surface area (Å²) in [5, 5.41) is 7.05. The lowest BCUT2D eigenvalue weighted by Gasteiger charge is -2.19. The lowest BCUT2D eigenvalue weighted by molar-refractivity contribution is 0.224. The number of halogens is 1. The molecule has 0 saturated carbocycles. The van der Waals surface area contributed by atoms with Gasteiger partial charge in [-0.25, -0.2) is 0 Å². The Kier molecular flexibility index (Phi) is 6.50. The molecule has 0 aliphatic heterocycles. The molecule has 19 heavy (non-hydrogen) atoms. The zero-order valence-corrected chi connectivity index (χ0v) is 12.7. The molecule has 0 bridgehead atoms. The summed E-state index contributed by atoms with van der Waals surface area (Å²) >= 11 is 6.05. The predicted octanol–water partition coefficient (Wildman–Crippen LogP) is 2.68. The van der Waals surface area contributed by atoms with Crippen molar-refractivity contribution in [3.63, 3.8) is 0 Å².